The van der Waals surface area contributed by atoms with Crippen LogP contribution in [0.1, 0.15) is 113 Å². The number of H-pyrrole nitrogens is 2. The molecule has 0 saturated carbocycles. The van der Waals surface area contributed by atoms with Crippen molar-refractivity contribution in [3.05, 3.63) is 137 Å². The first-order valence-corrected chi connectivity index (χ1v) is 31.3. The monoisotopic (exact) mass is 1240 g/mol. The van der Waals surface area contributed by atoms with E-state index in [-0.39, 0.29) is 63.4 Å². The molecule has 3 aliphatic rings. The van der Waals surface area contributed by atoms with Crippen molar-refractivity contribution in [1.29, 1.82) is 0 Å². The molecule has 5 heterocycles. The molecule has 2 bridgehead atoms. The van der Waals surface area contributed by atoms with E-state index in [1.165, 1.54) is 67.2 Å². The molecule has 0 aliphatic carbocycles. The van der Waals surface area contributed by atoms with Gasteiger partial charge in [0.05, 0.1) is 7.11 Å². The van der Waals surface area contributed by atoms with Gasteiger partial charge in [0.2, 0.25) is 53.2 Å². The van der Waals surface area contributed by atoms with Crippen LogP contribution in [0.5, 0.6) is 5.75 Å². The molecule has 2 saturated heterocycles. The Morgan fingerprint density at radius 2 is 1.00 bits per heavy atom. The van der Waals surface area contributed by atoms with Crippen LogP contribution in [0.2, 0.25) is 0 Å². The molecule has 9 N–H and O–H groups in total. The number of amides is 9. The Hall–Kier alpha value is -9.15. The van der Waals surface area contributed by atoms with Crippen molar-refractivity contribution in [3.63, 3.8) is 0 Å². The zero-order chi connectivity index (χ0) is 64.0. The van der Waals surface area contributed by atoms with Crippen LogP contribution in [-0.2, 0) is 75.3 Å². The number of rotatable bonds is 8. The van der Waals surface area contributed by atoms with Crippen molar-refractivity contribution in [3.8, 4) is 5.75 Å². The van der Waals surface area contributed by atoms with Crippen LogP contribution in [0.15, 0.2) is 97.3 Å². The Balaban J connectivity index is 1.000. The van der Waals surface area contributed by atoms with Gasteiger partial charge in [0.1, 0.15) is 65.7 Å². The highest BCUT2D eigenvalue weighted by Gasteiger charge is 2.42. The first-order chi connectivity index (χ1) is 43.3. The minimum atomic E-state index is -1.48. The minimum absolute atomic E-state index is 0.0446. The third kappa shape index (κ3) is 16.6. The summed E-state index contributed by atoms with van der Waals surface area (Å²) in [6.45, 7) is 5.31. The molecule has 4 aromatic carbocycles. The van der Waals surface area contributed by atoms with Crippen molar-refractivity contribution in [2.75, 3.05) is 26.7 Å². The number of carbonyl (C=O) groups is 9. The average Bonchev–Trinajstić information content (AvgIpc) is 1.98. The number of methoxy groups -OCH3 is 1. The summed E-state index contributed by atoms with van der Waals surface area (Å²) >= 11 is 0. The molecule has 0 spiro atoms. The van der Waals surface area contributed by atoms with E-state index in [9.17, 15) is 42.3 Å². The van der Waals surface area contributed by atoms with E-state index in [1.807, 2.05) is 18.2 Å². The van der Waals surface area contributed by atoms with Gasteiger partial charge in [-0.15, -0.1) is 0 Å². The number of fused-ring (bicyclic) bond motifs is 6. The second kappa shape index (κ2) is 30.4. The Morgan fingerprint density at radius 3 is 1.59 bits per heavy atom. The van der Waals surface area contributed by atoms with Gasteiger partial charge in [0, 0.05) is 79.5 Å². The van der Waals surface area contributed by atoms with Crippen molar-refractivity contribution >= 4 is 75.0 Å². The second-order valence-corrected chi connectivity index (χ2v) is 23.8. The molecular formula is C67H81F2N11O10. The molecule has 2 fully saturated rings. The fraction of sp³-hybridized carbons (Fsp3) is 0.448. The Labute approximate surface area is 521 Å². The summed E-state index contributed by atoms with van der Waals surface area (Å²) in [6.07, 6.45) is 8.63. The fourth-order valence-corrected chi connectivity index (χ4v) is 12.3. The standard InChI is InChI=1S/C67H81F2N11O10/c1-5-51-62(84)77-55(32-43-20-24-48(90-4)25-21-43)66(88)79-29-11-17-57(79)64(86)70-28-9-8-14-42-16-10-15-41(31-42)13-6-7-19-59(81)73-39(2)60(82)74-40(3)61(83)76-54(33-44-37-71-52-26-22-46(68)35-49(44)52)63(85)78-56(67(89)80-30-12-18-58(80)65(87)75-51)34-45-38-72-53-27-23-47(69)36-50(45)53/h10,15-16,20-27,31,35-40,51,54-58,71-72H,5-9,11-14,17-19,28-30,32-34H2,1-4H3,(H,70,86)(H,73,81)(H,74,82)(H,75,87)(H,76,83)(H,77,84)(H,78,85)/t39-,40+,51-,54-,55-,56-,57-,58-/m0/s1. The van der Waals surface area contributed by atoms with Gasteiger partial charge < -0.3 is 61.7 Å². The van der Waals surface area contributed by atoms with Gasteiger partial charge in [-0.2, -0.15) is 0 Å². The molecule has 0 unspecified atom stereocenters. The van der Waals surface area contributed by atoms with E-state index in [0.29, 0.717) is 95.7 Å². The van der Waals surface area contributed by atoms with E-state index >= 15 is 9.59 Å². The maximum atomic E-state index is 15.3. The summed E-state index contributed by atoms with van der Waals surface area (Å²) in [7, 11) is 1.53. The van der Waals surface area contributed by atoms with Gasteiger partial charge in [-0.3, -0.25) is 43.2 Å². The number of aromatic amines is 2. The first-order valence-electron chi connectivity index (χ1n) is 31.3. The number of benzene rings is 4. The summed E-state index contributed by atoms with van der Waals surface area (Å²) in [5, 5.41) is 20.5. The number of nitrogens with one attached hydrogen (secondary N) is 9. The SMILES string of the molecule is CC[C@@H]1NC(=O)[C@@H]2CCCN2C(=O)[C@H](Cc2c[nH]c3ccc(F)cc23)NC(=O)[C@H](Cc2c[nH]c3ccc(F)cc23)NC(=O)[C@@H](C)NC(=O)[C@H](C)NC(=O)CCCCc2cccc(c2)CCCCNC(=O)[C@@H]2CCCN2C(=O)[C@H](Cc2ccc(OC)cc2)NC1=O. The van der Waals surface area contributed by atoms with Crippen molar-refractivity contribution < 1.29 is 56.7 Å². The third-order valence-electron chi connectivity index (χ3n) is 17.3. The molecule has 9 amide bonds. The zero-order valence-corrected chi connectivity index (χ0v) is 51.3. The molecule has 2 aromatic heterocycles. The predicted octanol–water partition coefficient (Wildman–Crippen LogP) is 5.17. The smallest absolute Gasteiger partial charge is 0.246 e. The number of nitrogens with zero attached hydrogens (tertiary/aromatic N) is 2. The highest BCUT2D eigenvalue weighted by Crippen LogP contribution is 2.27. The molecule has 6 aromatic rings. The quantitative estimate of drug-likeness (QED) is 0.0964. The predicted molar refractivity (Wildman–Crippen MR) is 333 cm³/mol. The number of hydrogen-bond acceptors (Lipinski definition) is 10. The molecule has 23 heteroatoms. The highest BCUT2D eigenvalue weighted by molar-refractivity contribution is 5.99. The molecule has 9 rings (SSSR count). The van der Waals surface area contributed by atoms with Crippen molar-refractivity contribution in [2.24, 2.45) is 0 Å². The van der Waals surface area contributed by atoms with E-state index in [4.69, 9.17) is 4.74 Å². The van der Waals surface area contributed by atoms with Gasteiger partial charge in [-0.1, -0.05) is 43.3 Å². The lowest BCUT2D eigenvalue weighted by Gasteiger charge is -2.31. The van der Waals surface area contributed by atoms with Gasteiger partial charge in [0.25, 0.3) is 0 Å². The number of halogens is 2. The lowest BCUT2D eigenvalue weighted by Crippen LogP contribution is -2.60. The van der Waals surface area contributed by atoms with E-state index < -0.39 is 101 Å². The molecule has 90 heavy (non-hydrogen) atoms. The topological polar surface area (TPSA) is 285 Å². The number of aromatic nitrogens is 2. The van der Waals surface area contributed by atoms with E-state index in [0.717, 1.165) is 24.0 Å². The summed E-state index contributed by atoms with van der Waals surface area (Å²) in [5.74, 6) is -6.05. The lowest BCUT2D eigenvalue weighted by molar-refractivity contribution is -0.143. The number of ether oxygens (including phenoxy) is 1. The number of carbonyl (C=O) groups excluding carboxylic acids is 9. The Morgan fingerprint density at radius 1 is 0.500 bits per heavy atom. The fourth-order valence-electron chi connectivity index (χ4n) is 12.3. The third-order valence-corrected chi connectivity index (χ3v) is 17.3. The van der Waals surface area contributed by atoms with Crippen LogP contribution >= 0.6 is 0 Å². The highest BCUT2D eigenvalue weighted by atomic mass is 19.1. The molecule has 478 valence electrons. The largest absolute Gasteiger partial charge is 0.497 e. The summed E-state index contributed by atoms with van der Waals surface area (Å²) < 4.78 is 35.0. The first kappa shape index (κ1) is 65.3. The number of aryl methyl sites for hydroxylation is 2. The molecule has 8 atom stereocenters. The van der Waals surface area contributed by atoms with E-state index in [1.54, 1.807) is 43.6 Å². The summed E-state index contributed by atoms with van der Waals surface area (Å²) in [5.41, 5.74) is 4.86. The average molecular weight is 1240 g/mol. The van der Waals surface area contributed by atoms with Gasteiger partial charge in [0.15, 0.2) is 0 Å². The molecule has 21 nitrogen and oxygen atoms in total. The van der Waals surface area contributed by atoms with Crippen molar-refractivity contribution in [2.45, 2.75) is 165 Å². The van der Waals surface area contributed by atoms with Crippen LogP contribution in [-0.4, -0.2) is 148 Å². The summed E-state index contributed by atoms with van der Waals surface area (Å²) in [4.78, 5) is 138. The van der Waals surface area contributed by atoms with Gasteiger partial charge in [-0.25, -0.2) is 8.78 Å². The normalized spacial score (nSPS) is 24.0. The molecule has 0 radical (unpaired) electrons. The maximum absolute atomic E-state index is 15.3. The Bertz CT molecular complexity index is 3590. The zero-order valence-electron chi connectivity index (χ0n) is 51.3. The lowest BCUT2D eigenvalue weighted by atomic mass is 10.0. The minimum Gasteiger partial charge on any atom is -0.497 e. The number of hydrogen-bond donors (Lipinski definition) is 9. The Kier molecular flexibility index (Phi) is 22.0. The molecular weight excluding hydrogens is 1160 g/mol. The van der Waals surface area contributed by atoms with Crippen LogP contribution < -0.4 is 42.0 Å². The van der Waals surface area contributed by atoms with Crippen molar-refractivity contribution in [1.82, 2.24) is 57.0 Å². The maximum Gasteiger partial charge on any atom is 0.246 e. The second-order valence-electron chi connectivity index (χ2n) is 23.8. The summed E-state index contributed by atoms with van der Waals surface area (Å²) in [6, 6.07) is 13.8. The van der Waals surface area contributed by atoms with Gasteiger partial charge >= 0.3 is 0 Å². The van der Waals surface area contributed by atoms with Crippen LogP contribution in [0, 0.1) is 11.6 Å². The van der Waals surface area contributed by atoms with Crippen LogP contribution in [0.25, 0.3) is 21.8 Å². The molecule has 3 aliphatic heterocycles. The van der Waals surface area contributed by atoms with Crippen LogP contribution in [0.4, 0.5) is 8.78 Å². The van der Waals surface area contributed by atoms with Crippen LogP contribution in [0.3, 0.4) is 0 Å². The van der Waals surface area contributed by atoms with E-state index in [2.05, 4.69) is 53.3 Å². The van der Waals surface area contributed by atoms with Gasteiger partial charge in [-0.05, 0) is 161 Å².